The highest BCUT2D eigenvalue weighted by Crippen LogP contribution is 2.40. The number of hydrogen-bond donors (Lipinski definition) is 1. The van der Waals surface area contributed by atoms with E-state index in [2.05, 4.69) is 48.3 Å². The fourth-order valence-corrected chi connectivity index (χ4v) is 5.34. The molecular weight excluding hydrogens is 396 g/mol. The van der Waals surface area contributed by atoms with E-state index in [0.717, 1.165) is 55.1 Å². The van der Waals surface area contributed by atoms with Crippen molar-refractivity contribution in [1.29, 1.82) is 0 Å². The minimum absolute atomic E-state index is 0.119. The Labute approximate surface area is 193 Å². The summed E-state index contributed by atoms with van der Waals surface area (Å²) in [6.07, 6.45) is 7.88. The van der Waals surface area contributed by atoms with Crippen LogP contribution in [-0.4, -0.2) is 37.0 Å². The zero-order valence-corrected chi connectivity index (χ0v) is 19.7. The molecule has 1 saturated heterocycles. The Morgan fingerprint density at radius 2 is 1.75 bits per heavy atom. The molecule has 2 aromatic carbocycles. The van der Waals surface area contributed by atoms with Gasteiger partial charge in [-0.05, 0) is 74.9 Å². The Morgan fingerprint density at radius 3 is 2.44 bits per heavy atom. The van der Waals surface area contributed by atoms with Gasteiger partial charge in [0.05, 0.1) is 5.41 Å². The molecule has 0 radical (unpaired) electrons. The number of nitrogens with one attached hydrogen (secondary N) is 1. The van der Waals surface area contributed by atoms with E-state index in [0.29, 0.717) is 6.61 Å². The van der Waals surface area contributed by atoms with Crippen LogP contribution in [0.15, 0.2) is 48.5 Å². The van der Waals surface area contributed by atoms with Crippen LogP contribution in [0, 0.1) is 12.8 Å². The number of likely N-dealkylation sites (tertiary alicyclic amines) is 1. The van der Waals surface area contributed by atoms with E-state index in [4.69, 9.17) is 4.74 Å². The fraction of sp³-hybridized carbons (Fsp3) is 0.536. The Bertz CT molecular complexity index is 869. The van der Waals surface area contributed by atoms with Gasteiger partial charge in [-0.3, -0.25) is 9.69 Å². The van der Waals surface area contributed by atoms with Crippen molar-refractivity contribution in [1.82, 2.24) is 4.90 Å². The summed E-state index contributed by atoms with van der Waals surface area (Å²) in [5.74, 6) is 1.77. The largest absolute Gasteiger partial charge is 0.492 e. The van der Waals surface area contributed by atoms with Crippen molar-refractivity contribution in [3.05, 3.63) is 59.7 Å². The molecule has 1 unspecified atom stereocenters. The van der Waals surface area contributed by atoms with E-state index in [1.807, 2.05) is 24.3 Å². The van der Waals surface area contributed by atoms with Crippen molar-refractivity contribution in [2.24, 2.45) is 5.92 Å². The van der Waals surface area contributed by atoms with Crippen molar-refractivity contribution in [2.45, 2.75) is 64.2 Å². The van der Waals surface area contributed by atoms with Gasteiger partial charge < -0.3 is 10.1 Å². The molecule has 1 aliphatic carbocycles. The fourth-order valence-electron chi connectivity index (χ4n) is 5.34. The molecule has 0 aromatic heterocycles. The average Bonchev–Trinajstić information content (AvgIpc) is 2.81. The minimum Gasteiger partial charge on any atom is -0.492 e. The molecule has 0 bridgehead atoms. The van der Waals surface area contributed by atoms with Crippen molar-refractivity contribution in [3.63, 3.8) is 0 Å². The Balaban J connectivity index is 1.35. The van der Waals surface area contributed by atoms with E-state index in [-0.39, 0.29) is 5.91 Å². The van der Waals surface area contributed by atoms with Crippen LogP contribution in [0.2, 0.25) is 0 Å². The summed E-state index contributed by atoms with van der Waals surface area (Å²) in [5.41, 5.74) is 2.79. The molecule has 4 heteroatoms. The summed E-state index contributed by atoms with van der Waals surface area (Å²) < 4.78 is 5.97. The van der Waals surface area contributed by atoms with E-state index in [1.165, 1.54) is 37.9 Å². The maximum atomic E-state index is 13.5. The molecular formula is C28H38N2O2. The second-order valence-corrected chi connectivity index (χ2v) is 9.88. The Morgan fingerprint density at radius 1 is 1.03 bits per heavy atom. The van der Waals surface area contributed by atoms with Gasteiger partial charge in [0.2, 0.25) is 5.91 Å². The average molecular weight is 435 g/mol. The third-order valence-corrected chi connectivity index (χ3v) is 7.28. The number of ether oxygens (including phenoxy) is 1. The molecule has 1 heterocycles. The number of nitrogens with zero attached hydrogens (tertiary/aromatic N) is 1. The summed E-state index contributed by atoms with van der Waals surface area (Å²) in [5, 5.41) is 3.20. The topological polar surface area (TPSA) is 41.6 Å². The molecule has 2 aromatic rings. The van der Waals surface area contributed by atoms with Gasteiger partial charge in [0.15, 0.2) is 0 Å². The van der Waals surface area contributed by atoms with Crippen LogP contribution in [0.25, 0.3) is 0 Å². The number of hydrogen-bond acceptors (Lipinski definition) is 3. The number of aryl methyl sites for hydroxylation is 1. The first kappa shape index (κ1) is 22.8. The molecule has 2 fully saturated rings. The summed E-state index contributed by atoms with van der Waals surface area (Å²) in [6.45, 7) is 8.46. The van der Waals surface area contributed by atoms with Gasteiger partial charge in [0, 0.05) is 18.8 Å². The number of anilines is 1. The highest BCUT2D eigenvalue weighted by Gasteiger charge is 2.41. The van der Waals surface area contributed by atoms with Crippen LogP contribution in [0.3, 0.4) is 0 Å². The monoisotopic (exact) mass is 434 g/mol. The third-order valence-electron chi connectivity index (χ3n) is 7.28. The molecule has 1 aliphatic heterocycles. The molecule has 4 nitrogen and oxygen atoms in total. The lowest BCUT2D eigenvalue weighted by molar-refractivity contribution is -0.122. The van der Waals surface area contributed by atoms with Crippen LogP contribution in [-0.2, 0) is 10.2 Å². The Kier molecular flexibility index (Phi) is 7.51. The first-order valence-corrected chi connectivity index (χ1v) is 12.4. The smallest absolute Gasteiger partial charge is 0.235 e. The maximum Gasteiger partial charge on any atom is 0.235 e. The minimum atomic E-state index is -0.424. The molecule has 2 aliphatic rings. The quantitative estimate of drug-likeness (QED) is 0.586. The lowest BCUT2D eigenvalue weighted by atomic mass is 9.68. The molecule has 172 valence electrons. The lowest BCUT2D eigenvalue weighted by Crippen LogP contribution is -2.42. The zero-order chi connectivity index (χ0) is 22.4. The second-order valence-electron chi connectivity index (χ2n) is 9.88. The van der Waals surface area contributed by atoms with Crippen LogP contribution in [0.4, 0.5) is 5.69 Å². The molecule has 0 spiro atoms. The van der Waals surface area contributed by atoms with Crippen molar-refractivity contribution < 1.29 is 9.53 Å². The standard InChI is InChI=1S/C28H38N2O2/c1-22-8-10-24(11-9-22)28(16-4-3-5-17-28)27(31)29-25-12-14-26(15-13-25)32-20-19-30-18-6-7-23(2)21-30/h8-15,23H,3-7,16-21H2,1-2H3,(H,29,31). The van der Waals surface area contributed by atoms with E-state index >= 15 is 0 Å². The normalized spacial score (nSPS) is 21.1. The SMILES string of the molecule is Cc1ccc(C2(C(=O)Nc3ccc(OCCN4CCCC(C)C4)cc3)CCCCC2)cc1. The molecule has 1 saturated carbocycles. The number of rotatable bonds is 7. The molecule has 4 rings (SSSR count). The van der Waals surface area contributed by atoms with Crippen LogP contribution >= 0.6 is 0 Å². The first-order chi connectivity index (χ1) is 15.5. The van der Waals surface area contributed by atoms with Gasteiger partial charge in [-0.2, -0.15) is 0 Å². The van der Waals surface area contributed by atoms with Crippen LogP contribution < -0.4 is 10.1 Å². The van der Waals surface area contributed by atoms with Crippen molar-refractivity contribution in [3.8, 4) is 5.75 Å². The van der Waals surface area contributed by atoms with Crippen molar-refractivity contribution in [2.75, 3.05) is 31.6 Å². The lowest BCUT2D eigenvalue weighted by Gasteiger charge is -2.36. The van der Waals surface area contributed by atoms with Crippen LogP contribution in [0.1, 0.15) is 63.0 Å². The van der Waals surface area contributed by atoms with Crippen LogP contribution in [0.5, 0.6) is 5.75 Å². The maximum absolute atomic E-state index is 13.5. The Hall–Kier alpha value is -2.33. The van der Waals surface area contributed by atoms with E-state index < -0.39 is 5.41 Å². The highest BCUT2D eigenvalue weighted by atomic mass is 16.5. The van der Waals surface area contributed by atoms with E-state index in [1.54, 1.807) is 0 Å². The van der Waals surface area contributed by atoms with Gasteiger partial charge in [-0.1, -0.05) is 56.0 Å². The van der Waals surface area contributed by atoms with Crippen molar-refractivity contribution >= 4 is 11.6 Å². The third kappa shape index (κ3) is 5.53. The van der Waals surface area contributed by atoms with E-state index in [9.17, 15) is 4.79 Å². The van der Waals surface area contributed by atoms with Gasteiger partial charge in [0.1, 0.15) is 12.4 Å². The number of amides is 1. The predicted molar refractivity (Wildman–Crippen MR) is 131 cm³/mol. The molecule has 1 atom stereocenters. The van der Waals surface area contributed by atoms with Gasteiger partial charge in [-0.15, -0.1) is 0 Å². The summed E-state index contributed by atoms with van der Waals surface area (Å²) in [7, 11) is 0. The second kappa shape index (κ2) is 10.5. The molecule has 32 heavy (non-hydrogen) atoms. The number of carbonyl (C=O) groups excluding carboxylic acids is 1. The highest BCUT2D eigenvalue weighted by molar-refractivity contribution is 5.99. The van der Waals surface area contributed by atoms with Gasteiger partial charge in [-0.25, -0.2) is 0 Å². The van der Waals surface area contributed by atoms with Gasteiger partial charge >= 0.3 is 0 Å². The first-order valence-electron chi connectivity index (χ1n) is 12.4. The van der Waals surface area contributed by atoms with Gasteiger partial charge in [0.25, 0.3) is 0 Å². The summed E-state index contributed by atoms with van der Waals surface area (Å²) >= 11 is 0. The summed E-state index contributed by atoms with van der Waals surface area (Å²) in [6, 6.07) is 16.4. The number of carbonyl (C=O) groups is 1. The number of benzene rings is 2. The molecule has 1 N–H and O–H groups in total. The zero-order valence-electron chi connectivity index (χ0n) is 19.7. The predicted octanol–water partition coefficient (Wildman–Crippen LogP) is 5.95. The summed E-state index contributed by atoms with van der Waals surface area (Å²) in [4.78, 5) is 16.0. The number of piperidine rings is 1. The molecule has 1 amide bonds.